The maximum Gasteiger partial charge on any atom is 0.146 e. The predicted octanol–water partition coefficient (Wildman–Crippen LogP) is 5.67. The molecule has 0 aliphatic heterocycles. The van der Waals surface area contributed by atoms with Crippen molar-refractivity contribution in [1.82, 2.24) is 0 Å². The molecule has 3 aromatic heterocycles. The second-order valence-electron chi connectivity index (χ2n) is 5.74. The molecule has 4 aromatic rings. The fourth-order valence-corrected chi connectivity index (χ4v) is 3.06. The molecule has 0 unspecified atom stereocenters. The van der Waals surface area contributed by atoms with E-state index in [1.54, 1.807) is 23.9 Å². The minimum atomic E-state index is 0.332. The van der Waals surface area contributed by atoms with Crippen LogP contribution in [0.3, 0.4) is 0 Å². The molecule has 4 rings (SSSR count). The Bertz CT molecular complexity index is 791. The monoisotopic (exact) mass is 382 g/mol. The Morgan fingerprint density at radius 2 is 1.22 bits per heavy atom. The molecule has 5 nitrogen and oxygen atoms in total. The highest BCUT2D eigenvalue weighted by molar-refractivity contribution is 7.09. The van der Waals surface area contributed by atoms with Crippen LogP contribution in [0.25, 0.3) is 0 Å². The molecule has 138 valence electrons. The van der Waals surface area contributed by atoms with E-state index < -0.39 is 0 Å². The standard InChI is InChI=1S/C21H18O5S/c1-4-16(22-7-1)13-24-18-10-19(25-14-17-5-2-8-23-17)12-20(11-18)26-15-21-6-3-9-27-21/h1-12H,13-15H2. The van der Waals surface area contributed by atoms with Gasteiger partial charge in [-0.2, -0.15) is 0 Å². The molecule has 0 amide bonds. The minimum Gasteiger partial charge on any atom is -0.488 e. The third kappa shape index (κ3) is 4.95. The first-order valence-electron chi connectivity index (χ1n) is 8.46. The van der Waals surface area contributed by atoms with E-state index in [9.17, 15) is 0 Å². The number of thiophene rings is 1. The van der Waals surface area contributed by atoms with Gasteiger partial charge in [-0.15, -0.1) is 11.3 Å². The lowest BCUT2D eigenvalue weighted by Crippen LogP contribution is -1.99. The number of hydrogen-bond acceptors (Lipinski definition) is 6. The van der Waals surface area contributed by atoms with E-state index in [4.69, 9.17) is 23.0 Å². The predicted molar refractivity (Wildman–Crippen MR) is 101 cm³/mol. The smallest absolute Gasteiger partial charge is 0.146 e. The molecule has 0 radical (unpaired) electrons. The molecule has 0 bridgehead atoms. The van der Waals surface area contributed by atoms with Gasteiger partial charge in [0.25, 0.3) is 0 Å². The molecule has 6 heteroatoms. The van der Waals surface area contributed by atoms with Crippen LogP contribution in [0.4, 0.5) is 0 Å². The Balaban J connectivity index is 1.47. The van der Waals surface area contributed by atoms with Gasteiger partial charge in [0.05, 0.1) is 12.5 Å². The van der Waals surface area contributed by atoms with Crippen LogP contribution in [0.1, 0.15) is 16.4 Å². The van der Waals surface area contributed by atoms with Crippen LogP contribution in [-0.2, 0) is 19.8 Å². The van der Waals surface area contributed by atoms with E-state index in [-0.39, 0.29) is 0 Å². The summed E-state index contributed by atoms with van der Waals surface area (Å²) in [6.45, 7) is 1.16. The van der Waals surface area contributed by atoms with Crippen molar-refractivity contribution in [3.05, 3.63) is 88.9 Å². The topological polar surface area (TPSA) is 54.0 Å². The van der Waals surface area contributed by atoms with Crippen LogP contribution in [-0.4, -0.2) is 0 Å². The largest absolute Gasteiger partial charge is 0.488 e. The van der Waals surface area contributed by atoms with Crippen molar-refractivity contribution < 1.29 is 23.0 Å². The average molecular weight is 382 g/mol. The van der Waals surface area contributed by atoms with Crippen LogP contribution in [0, 0.1) is 0 Å². The summed E-state index contributed by atoms with van der Waals surface area (Å²) < 4.78 is 28.2. The molecule has 0 aliphatic rings. The number of furan rings is 2. The summed E-state index contributed by atoms with van der Waals surface area (Å²) >= 11 is 1.66. The van der Waals surface area contributed by atoms with Crippen molar-refractivity contribution in [3.63, 3.8) is 0 Å². The van der Waals surface area contributed by atoms with Crippen LogP contribution in [0.5, 0.6) is 17.2 Å². The third-order valence-electron chi connectivity index (χ3n) is 3.74. The van der Waals surface area contributed by atoms with Crippen molar-refractivity contribution in [1.29, 1.82) is 0 Å². The van der Waals surface area contributed by atoms with E-state index in [1.165, 1.54) is 0 Å². The molecule has 0 saturated carbocycles. The molecular weight excluding hydrogens is 364 g/mol. The molecule has 1 aromatic carbocycles. The molecule has 3 heterocycles. The summed E-state index contributed by atoms with van der Waals surface area (Å²) in [4.78, 5) is 1.15. The van der Waals surface area contributed by atoms with E-state index in [0.717, 1.165) is 16.4 Å². The molecule has 0 spiro atoms. The van der Waals surface area contributed by atoms with Crippen LogP contribution >= 0.6 is 11.3 Å². The second kappa shape index (κ2) is 8.51. The molecule has 0 aliphatic carbocycles. The van der Waals surface area contributed by atoms with Gasteiger partial charge in [-0.25, -0.2) is 0 Å². The lowest BCUT2D eigenvalue weighted by atomic mass is 10.3. The normalized spacial score (nSPS) is 10.7. The lowest BCUT2D eigenvalue weighted by molar-refractivity contribution is 0.250. The zero-order valence-corrected chi connectivity index (χ0v) is 15.3. The van der Waals surface area contributed by atoms with Crippen LogP contribution in [0.15, 0.2) is 81.3 Å². The Morgan fingerprint density at radius 3 is 1.67 bits per heavy atom. The van der Waals surface area contributed by atoms with Gasteiger partial charge >= 0.3 is 0 Å². The Hall–Kier alpha value is -3.12. The fourth-order valence-electron chi connectivity index (χ4n) is 2.44. The van der Waals surface area contributed by atoms with Gasteiger partial charge in [0.1, 0.15) is 48.6 Å². The van der Waals surface area contributed by atoms with Crippen molar-refractivity contribution in [3.8, 4) is 17.2 Å². The van der Waals surface area contributed by atoms with Gasteiger partial charge < -0.3 is 23.0 Å². The Kier molecular flexibility index (Phi) is 5.45. The SMILES string of the molecule is c1coc(COc2cc(OCc3ccco3)cc(OCc3cccs3)c2)c1. The third-order valence-corrected chi connectivity index (χ3v) is 4.59. The zero-order valence-electron chi connectivity index (χ0n) is 14.5. The zero-order chi connectivity index (χ0) is 18.3. The van der Waals surface area contributed by atoms with E-state index >= 15 is 0 Å². The second-order valence-corrected chi connectivity index (χ2v) is 6.78. The Labute approximate surface area is 160 Å². The highest BCUT2D eigenvalue weighted by atomic mass is 32.1. The first kappa shape index (κ1) is 17.3. The maximum atomic E-state index is 5.91. The van der Waals surface area contributed by atoms with Crippen LogP contribution in [0.2, 0.25) is 0 Å². The number of benzene rings is 1. The minimum absolute atomic E-state index is 0.332. The van der Waals surface area contributed by atoms with Crippen molar-refractivity contribution in [2.45, 2.75) is 19.8 Å². The summed E-state index contributed by atoms with van der Waals surface area (Å²) in [7, 11) is 0. The van der Waals surface area contributed by atoms with Gasteiger partial charge in [-0.1, -0.05) is 6.07 Å². The number of ether oxygens (including phenoxy) is 3. The van der Waals surface area contributed by atoms with E-state index in [2.05, 4.69) is 0 Å². The fraction of sp³-hybridized carbons (Fsp3) is 0.143. The van der Waals surface area contributed by atoms with Gasteiger partial charge in [0.15, 0.2) is 0 Å². The summed E-state index contributed by atoms with van der Waals surface area (Å²) in [6.07, 6.45) is 3.24. The Morgan fingerprint density at radius 1 is 0.667 bits per heavy atom. The molecule has 0 saturated heterocycles. The first-order valence-corrected chi connectivity index (χ1v) is 9.34. The maximum absolute atomic E-state index is 5.91. The van der Waals surface area contributed by atoms with Crippen molar-refractivity contribution in [2.75, 3.05) is 0 Å². The summed E-state index contributed by atoms with van der Waals surface area (Å²) in [6, 6.07) is 16.9. The summed E-state index contributed by atoms with van der Waals surface area (Å²) in [5, 5.41) is 2.03. The molecular formula is C21H18O5S. The highest BCUT2D eigenvalue weighted by Gasteiger charge is 2.08. The summed E-state index contributed by atoms with van der Waals surface area (Å²) in [5.41, 5.74) is 0. The molecule has 0 atom stereocenters. The van der Waals surface area contributed by atoms with E-state index in [1.807, 2.05) is 60.0 Å². The van der Waals surface area contributed by atoms with Crippen molar-refractivity contribution in [2.24, 2.45) is 0 Å². The molecule has 27 heavy (non-hydrogen) atoms. The van der Waals surface area contributed by atoms with Gasteiger partial charge in [0.2, 0.25) is 0 Å². The van der Waals surface area contributed by atoms with Gasteiger partial charge in [0, 0.05) is 23.1 Å². The van der Waals surface area contributed by atoms with Crippen LogP contribution < -0.4 is 14.2 Å². The van der Waals surface area contributed by atoms with E-state index in [0.29, 0.717) is 37.1 Å². The lowest BCUT2D eigenvalue weighted by Gasteiger charge is -2.12. The number of hydrogen-bond donors (Lipinski definition) is 0. The first-order chi connectivity index (χ1) is 13.3. The molecule has 0 fully saturated rings. The quantitative estimate of drug-likeness (QED) is 0.373. The number of rotatable bonds is 9. The van der Waals surface area contributed by atoms with Gasteiger partial charge in [-0.3, -0.25) is 0 Å². The van der Waals surface area contributed by atoms with Crippen molar-refractivity contribution >= 4 is 11.3 Å². The van der Waals surface area contributed by atoms with Gasteiger partial charge in [-0.05, 0) is 35.7 Å². The average Bonchev–Trinajstić information content (AvgIpc) is 3.46. The summed E-state index contributed by atoms with van der Waals surface area (Å²) in [5.74, 6) is 3.46. The molecule has 0 N–H and O–H groups in total. The highest BCUT2D eigenvalue weighted by Crippen LogP contribution is 2.30.